The largest absolute Gasteiger partial charge is 0.396 e. The van der Waals surface area contributed by atoms with E-state index < -0.39 is 0 Å². The molecule has 1 unspecified atom stereocenters. The molecule has 3 fully saturated rings. The minimum atomic E-state index is 0.0983. The van der Waals surface area contributed by atoms with E-state index in [2.05, 4.69) is 0 Å². The molecule has 0 spiro atoms. The third-order valence-electron chi connectivity index (χ3n) is 5.22. The molecule has 1 atom stereocenters. The predicted octanol–water partition coefficient (Wildman–Crippen LogP) is 0.866. The lowest BCUT2D eigenvalue weighted by Crippen LogP contribution is -2.44. The minimum absolute atomic E-state index is 0.0983. The van der Waals surface area contributed by atoms with Crippen LogP contribution < -0.4 is 0 Å². The number of carbonyl (C=O) groups excluding carboxylic acids is 2. The number of piperidine rings is 1. The van der Waals surface area contributed by atoms with Crippen molar-refractivity contribution in [3.8, 4) is 0 Å². The first kappa shape index (κ1) is 14.8. The van der Waals surface area contributed by atoms with Crippen LogP contribution in [0.1, 0.15) is 38.5 Å². The Morgan fingerprint density at radius 3 is 2.05 bits per heavy atom. The number of aliphatic hydroxyl groups is 1. The maximum Gasteiger partial charge on any atom is 0.225 e. The number of rotatable bonds is 4. The highest BCUT2D eigenvalue weighted by Crippen LogP contribution is 2.33. The van der Waals surface area contributed by atoms with Gasteiger partial charge in [-0.3, -0.25) is 9.59 Å². The van der Waals surface area contributed by atoms with Gasteiger partial charge in [0.1, 0.15) is 0 Å². The van der Waals surface area contributed by atoms with Gasteiger partial charge in [0.05, 0.1) is 0 Å². The summed E-state index contributed by atoms with van der Waals surface area (Å²) in [5.41, 5.74) is 0. The Labute approximate surface area is 126 Å². The van der Waals surface area contributed by atoms with Gasteiger partial charge in [-0.15, -0.1) is 0 Å². The maximum absolute atomic E-state index is 12.5. The molecule has 118 valence electrons. The SMILES string of the molecule is O=C(C1CC1)N1CCC(C(=O)N2CCC(CCO)C2)CC1. The predicted molar refractivity (Wildman–Crippen MR) is 78.4 cm³/mol. The molecule has 0 aromatic carbocycles. The average Bonchev–Trinajstić information content (AvgIpc) is 3.26. The van der Waals surface area contributed by atoms with Crippen molar-refractivity contribution in [3.05, 3.63) is 0 Å². The Morgan fingerprint density at radius 2 is 1.43 bits per heavy atom. The lowest BCUT2D eigenvalue weighted by Gasteiger charge is -2.33. The Balaban J connectivity index is 1.45. The highest BCUT2D eigenvalue weighted by Gasteiger charge is 2.37. The van der Waals surface area contributed by atoms with Gasteiger partial charge in [0.2, 0.25) is 11.8 Å². The summed E-state index contributed by atoms with van der Waals surface area (Å²) in [5.74, 6) is 1.44. The van der Waals surface area contributed by atoms with Crippen LogP contribution in [0.5, 0.6) is 0 Å². The molecule has 0 radical (unpaired) electrons. The van der Waals surface area contributed by atoms with Crippen LogP contribution in [0.15, 0.2) is 0 Å². The first-order valence-electron chi connectivity index (χ1n) is 8.37. The summed E-state index contributed by atoms with van der Waals surface area (Å²) in [6.45, 7) is 3.36. The molecule has 5 heteroatoms. The number of likely N-dealkylation sites (tertiary alicyclic amines) is 2. The van der Waals surface area contributed by atoms with Crippen molar-refractivity contribution in [1.29, 1.82) is 0 Å². The van der Waals surface area contributed by atoms with Gasteiger partial charge in [0.25, 0.3) is 0 Å². The Morgan fingerprint density at radius 1 is 0.857 bits per heavy atom. The van der Waals surface area contributed by atoms with E-state index in [1.54, 1.807) is 0 Å². The van der Waals surface area contributed by atoms with Crippen LogP contribution in [-0.2, 0) is 9.59 Å². The van der Waals surface area contributed by atoms with Gasteiger partial charge in [-0.25, -0.2) is 0 Å². The molecule has 3 rings (SSSR count). The van der Waals surface area contributed by atoms with E-state index in [1.165, 1.54) is 0 Å². The zero-order valence-electron chi connectivity index (χ0n) is 12.7. The normalized spacial score (nSPS) is 27.2. The molecule has 0 aromatic rings. The molecule has 1 saturated carbocycles. The molecule has 2 saturated heterocycles. The second kappa shape index (κ2) is 6.34. The fourth-order valence-electron chi connectivity index (χ4n) is 3.64. The zero-order valence-corrected chi connectivity index (χ0v) is 12.7. The molecule has 2 aliphatic heterocycles. The third kappa shape index (κ3) is 3.39. The minimum Gasteiger partial charge on any atom is -0.396 e. The molecule has 1 aliphatic carbocycles. The Hall–Kier alpha value is -1.10. The molecule has 2 amide bonds. The average molecular weight is 294 g/mol. The topological polar surface area (TPSA) is 60.9 Å². The van der Waals surface area contributed by atoms with Crippen molar-refractivity contribution in [1.82, 2.24) is 9.80 Å². The van der Waals surface area contributed by atoms with Gasteiger partial charge < -0.3 is 14.9 Å². The summed E-state index contributed by atoms with van der Waals surface area (Å²) < 4.78 is 0. The van der Waals surface area contributed by atoms with Crippen molar-refractivity contribution in [3.63, 3.8) is 0 Å². The molecule has 3 aliphatic rings. The fraction of sp³-hybridized carbons (Fsp3) is 0.875. The molecular formula is C16H26N2O3. The van der Waals surface area contributed by atoms with Crippen LogP contribution in [0.4, 0.5) is 0 Å². The molecule has 5 nitrogen and oxygen atoms in total. The van der Waals surface area contributed by atoms with E-state index in [9.17, 15) is 9.59 Å². The maximum atomic E-state index is 12.5. The zero-order chi connectivity index (χ0) is 14.8. The van der Waals surface area contributed by atoms with Crippen molar-refractivity contribution in [2.75, 3.05) is 32.8 Å². The molecule has 21 heavy (non-hydrogen) atoms. The van der Waals surface area contributed by atoms with Gasteiger partial charge in [-0.1, -0.05) is 0 Å². The summed E-state index contributed by atoms with van der Waals surface area (Å²) >= 11 is 0. The molecular weight excluding hydrogens is 268 g/mol. The number of nitrogens with zero attached hydrogens (tertiary/aromatic N) is 2. The van der Waals surface area contributed by atoms with Gasteiger partial charge >= 0.3 is 0 Å². The quantitative estimate of drug-likeness (QED) is 0.837. The highest BCUT2D eigenvalue weighted by molar-refractivity contribution is 5.82. The first-order chi connectivity index (χ1) is 10.2. The van der Waals surface area contributed by atoms with Gasteiger partial charge in [-0.05, 0) is 44.4 Å². The first-order valence-corrected chi connectivity index (χ1v) is 8.37. The monoisotopic (exact) mass is 294 g/mol. The number of hydrogen-bond donors (Lipinski definition) is 1. The van der Waals surface area contributed by atoms with Gasteiger partial charge in [-0.2, -0.15) is 0 Å². The van der Waals surface area contributed by atoms with Crippen LogP contribution in [0.3, 0.4) is 0 Å². The van der Waals surface area contributed by atoms with Crippen LogP contribution >= 0.6 is 0 Å². The van der Waals surface area contributed by atoms with E-state index in [-0.39, 0.29) is 24.3 Å². The summed E-state index contributed by atoms with van der Waals surface area (Å²) in [7, 11) is 0. The fourth-order valence-corrected chi connectivity index (χ4v) is 3.64. The standard InChI is InChI=1S/C16H26N2O3/c19-10-6-12-3-7-18(11-12)16(21)14-4-8-17(9-5-14)15(20)13-1-2-13/h12-14,19H,1-11H2. The molecule has 0 aromatic heterocycles. The number of hydrogen-bond acceptors (Lipinski definition) is 3. The smallest absolute Gasteiger partial charge is 0.225 e. The van der Waals surface area contributed by atoms with E-state index in [4.69, 9.17) is 5.11 Å². The Bertz CT molecular complexity index is 400. The highest BCUT2D eigenvalue weighted by atomic mass is 16.3. The van der Waals surface area contributed by atoms with E-state index >= 15 is 0 Å². The van der Waals surface area contributed by atoms with Crippen molar-refractivity contribution in [2.45, 2.75) is 38.5 Å². The summed E-state index contributed by atoms with van der Waals surface area (Å²) in [6, 6.07) is 0. The number of carbonyl (C=O) groups is 2. The van der Waals surface area contributed by atoms with Crippen molar-refractivity contribution >= 4 is 11.8 Å². The van der Waals surface area contributed by atoms with Crippen molar-refractivity contribution < 1.29 is 14.7 Å². The van der Waals surface area contributed by atoms with Crippen LogP contribution in [0.2, 0.25) is 0 Å². The van der Waals surface area contributed by atoms with Crippen LogP contribution in [0.25, 0.3) is 0 Å². The summed E-state index contributed by atoms with van der Waals surface area (Å²) in [6.07, 6.45) is 5.57. The summed E-state index contributed by atoms with van der Waals surface area (Å²) in [4.78, 5) is 28.5. The summed E-state index contributed by atoms with van der Waals surface area (Å²) in [5, 5.41) is 8.99. The molecule has 1 N–H and O–H groups in total. The van der Waals surface area contributed by atoms with Crippen LogP contribution in [0, 0.1) is 17.8 Å². The van der Waals surface area contributed by atoms with Crippen molar-refractivity contribution in [2.24, 2.45) is 17.8 Å². The van der Waals surface area contributed by atoms with Crippen LogP contribution in [-0.4, -0.2) is 59.5 Å². The second-order valence-electron chi connectivity index (χ2n) is 6.83. The van der Waals surface area contributed by atoms with E-state index in [0.717, 1.165) is 64.7 Å². The second-order valence-corrected chi connectivity index (χ2v) is 6.83. The lowest BCUT2D eigenvalue weighted by atomic mass is 9.95. The number of aliphatic hydroxyl groups excluding tert-OH is 1. The molecule has 2 heterocycles. The third-order valence-corrected chi connectivity index (χ3v) is 5.22. The van der Waals surface area contributed by atoms with E-state index in [1.807, 2.05) is 9.80 Å². The van der Waals surface area contributed by atoms with E-state index in [0.29, 0.717) is 11.8 Å². The Kier molecular flexibility index (Phi) is 4.48. The molecule has 0 bridgehead atoms. The van der Waals surface area contributed by atoms with Gasteiger partial charge in [0, 0.05) is 44.6 Å². The van der Waals surface area contributed by atoms with Gasteiger partial charge in [0.15, 0.2) is 0 Å². The lowest BCUT2D eigenvalue weighted by molar-refractivity contribution is -0.140. The number of amides is 2.